The van der Waals surface area contributed by atoms with E-state index in [0.717, 1.165) is 140 Å². The first-order valence-corrected chi connectivity index (χ1v) is 28.0. The highest BCUT2D eigenvalue weighted by Gasteiger charge is 2.51. The van der Waals surface area contributed by atoms with E-state index in [2.05, 4.69) is 81.3 Å². The Kier molecular flexibility index (Phi) is 13.0. The van der Waals surface area contributed by atoms with E-state index in [1.54, 1.807) is 14.0 Å². The smallest absolute Gasteiger partial charge is 0.407 e. The van der Waals surface area contributed by atoms with E-state index < -0.39 is 36.6 Å². The number of nitrogens with zero attached hydrogens (tertiary/aromatic N) is 4. The summed E-state index contributed by atoms with van der Waals surface area (Å²) in [7, 11) is 5.52. The number of benzene rings is 4. The number of rotatable bonds is 12. The third-order valence-electron chi connectivity index (χ3n) is 18.8. The number of likely N-dealkylation sites (tertiary alicyclic amines) is 2. The molecule has 18 nitrogen and oxygen atoms in total. The molecule has 6 aromatic rings. The van der Waals surface area contributed by atoms with Crippen LogP contribution >= 0.6 is 0 Å². The lowest BCUT2D eigenvalue weighted by atomic mass is 9.77. The summed E-state index contributed by atoms with van der Waals surface area (Å²) in [6.07, 6.45) is 9.11. The average molecular weight is 1060 g/mol. The van der Waals surface area contributed by atoms with Crippen LogP contribution in [0.2, 0.25) is 0 Å². The summed E-state index contributed by atoms with van der Waals surface area (Å²) in [5.74, 6) is 2.75. The summed E-state index contributed by atoms with van der Waals surface area (Å²) in [4.78, 5) is 75.7. The van der Waals surface area contributed by atoms with Gasteiger partial charge in [-0.25, -0.2) is 19.6 Å². The molecule has 13 rings (SSSR count). The summed E-state index contributed by atoms with van der Waals surface area (Å²) in [5, 5.41) is 5.41. The van der Waals surface area contributed by atoms with Crippen LogP contribution in [0.1, 0.15) is 135 Å². The molecule has 4 fully saturated rings. The highest BCUT2D eigenvalue weighted by molar-refractivity contribution is 5.90. The summed E-state index contributed by atoms with van der Waals surface area (Å²) in [5.41, 5.74) is 20.6. The quantitative estimate of drug-likeness (QED) is 0.0725. The number of H-pyrrole nitrogens is 2. The molecule has 5 bridgehead atoms. The lowest BCUT2D eigenvalue weighted by Gasteiger charge is -2.37. The van der Waals surface area contributed by atoms with Gasteiger partial charge in [0, 0.05) is 38.3 Å². The number of nitrogens with two attached hydrogens (primary N) is 1. The Morgan fingerprint density at radius 2 is 1.18 bits per heavy atom. The SMILES string of the molecule is COC(=O)N[C@H](C(=O)N1[C@H](c2nc3ccc(-c4cc5c6cc4OC4Cc7cc(-c8ccc9nc([C@@H]%10C[C@@H]%11CCCC[C@@H]%11N%10C(=O)[C@@H](NC(=O)OC)[C@@H](N)OC)[nH]c9c8)c(cc74)C(C6)C5)cc3[nH]2)C[C@@H]2CCCC[C@@H]21)[C@@H](C)OC. The molecular formula is C60H69N9O9. The van der Waals surface area contributed by atoms with E-state index in [1.807, 2.05) is 9.80 Å². The van der Waals surface area contributed by atoms with Crippen molar-refractivity contribution in [3.05, 3.63) is 100 Å². The van der Waals surface area contributed by atoms with E-state index in [0.29, 0.717) is 11.8 Å². The maximum atomic E-state index is 14.6. The van der Waals surface area contributed by atoms with Crippen LogP contribution in [0.15, 0.2) is 60.7 Å². The molecule has 18 heteroatoms. The van der Waals surface area contributed by atoms with E-state index in [4.69, 9.17) is 39.4 Å². The van der Waals surface area contributed by atoms with Crippen molar-refractivity contribution in [2.24, 2.45) is 17.6 Å². The largest absolute Gasteiger partial charge is 0.485 e. The molecule has 3 aliphatic heterocycles. The number of methoxy groups -OCH3 is 4. The minimum atomic E-state index is -1.13. The predicted molar refractivity (Wildman–Crippen MR) is 290 cm³/mol. The number of aromatic amines is 2. The average Bonchev–Trinajstić information content (AvgIpc) is 4.41. The van der Waals surface area contributed by atoms with Crippen molar-refractivity contribution < 1.29 is 42.9 Å². The van der Waals surface area contributed by atoms with Crippen molar-refractivity contribution in [1.29, 1.82) is 0 Å². The molecule has 4 aliphatic carbocycles. The van der Waals surface area contributed by atoms with Crippen LogP contribution in [0.5, 0.6) is 5.75 Å². The number of aromatic nitrogens is 4. The van der Waals surface area contributed by atoms with Gasteiger partial charge in [0.1, 0.15) is 35.8 Å². The van der Waals surface area contributed by atoms with Crippen molar-refractivity contribution in [1.82, 2.24) is 40.4 Å². The van der Waals surface area contributed by atoms with Crippen LogP contribution in [-0.2, 0) is 47.8 Å². The molecule has 4 amide bonds. The maximum Gasteiger partial charge on any atom is 0.407 e. The van der Waals surface area contributed by atoms with E-state index in [-0.39, 0.29) is 48.0 Å². The van der Waals surface area contributed by atoms with Crippen LogP contribution in [0, 0.1) is 11.8 Å². The molecule has 0 spiro atoms. The fraction of sp³-hybridized carbons (Fsp3) is 0.500. The van der Waals surface area contributed by atoms with Crippen molar-refractivity contribution in [2.45, 2.75) is 151 Å². The molecule has 78 heavy (non-hydrogen) atoms. The molecule has 2 saturated heterocycles. The van der Waals surface area contributed by atoms with Crippen LogP contribution in [-0.4, -0.2) is 119 Å². The number of imidazole rings is 2. The van der Waals surface area contributed by atoms with Gasteiger partial charge < -0.3 is 59.8 Å². The summed E-state index contributed by atoms with van der Waals surface area (Å²) in [6.45, 7) is 1.79. The molecule has 12 atom stereocenters. The molecule has 408 valence electrons. The monoisotopic (exact) mass is 1060 g/mol. The number of fused-ring (bicyclic) bond motifs is 8. The Bertz CT molecular complexity index is 3370. The number of carbonyl (C=O) groups excluding carboxylic acids is 4. The van der Waals surface area contributed by atoms with Gasteiger partial charge in [0.15, 0.2) is 6.04 Å². The predicted octanol–water partition coefficient (Wildman–Crippen LogP) is 8.72. The standard InChI is InChI=1S/C60H69N9O9/c1-29(74-2)52(66-59(72)76-4)57(70)68-46-12-8-6-10-32(46)24-48(68)55-63-43-17-15-31(23-45(43)65-55)40-20-34-18-36-19-35(34)26-50(40)78-51-27-37-21-38(39(36)28-41(37)51)30-14-16-42-44(22-30)64-56(62-42)49-25-33-11-7-9-13-47(33)69(49)58(71)53(54(61)75-3)67-60(73)77-5/h14-17,20-23,26,28-29,32-33,36,46-49,51-54H,6-13,18-19,24-25,27,61H2,1-5H3,(H,62,64)(H,63,65)(H,66,72)(H,67,73)/t29-,32+,33+,36?,46+,47+,48+,49+,51?,52+,53+,54+/m1/s1. The molecule has 2 unspecified atom stereocenters. The van der Waals surface area contributed by atoms with Crippen LogP contribution in [0.4, 0.5) is 9.59 Å². The molecule has 2 aromatic heterocycles. The zero-order valence-corrected chi connectivity index (χ0v) is 44.9. The second-order valence-electron chi connectivity index (χ2n) is 23.0. The molecule has 2 saturated carbocycles. The second-order valence-corrected chi connectivity index (χ2v) is 23.0. The molecule has 0 radical (unpaired) electrons. The summed E-state index contributed by atoms with van der Waals surface area (Å²) < 4.78 is 27.9. The summed E-state index contributed by atoms with van der Waals surface area (Å²) in [6, 6.07) is 19.6. The Morgan fingerprint density at radius 1 is 0.641 bits per heavy atom. The molecule has 6 N–H and O–H groups in total. The minimum Gasteiger partial charge on any atom is -0.485 e. The Morgan fingerprint density at radius 3 is 1.76 bits per heavy atom. The first-order chi connectivity index (χ1) is 37.9. The van der Waals surface area contributed by atoms with Gasteiger partial charge in [-0.3, -0.25) is 9.59 Å². The van der Waals surface area contributed by atoms with Crippen LogP contribution < -0.4 is 21.1 Å². The Balaban J connectivity index is 0.790. The van der Waals surface area contributed by atoms with Gasteiger partial charge >= 0.3 is 12.2 Å². The molecular weight excluding hydrogens is 991 g/mol. The first-order valence-electron chi connectivity index (χ1n) is 28.0. The Labute approximate surface area is 452 Å². The van der Waals surface area contributed by atoms with E-state index in [1.165, 1.54) is 54.7 Å². The topological polar surface area (TPSA) is 228 Å². The number of carbonyl (C=O) groups is 4. The minimum absolute atomic E-state index is 0.00522. The van der Waals surface area contributed by atoms with E-state index >= 15 is 0 Å². The number of amides is 4. The number of hydrogen-bond acceptors (Lipinski definition) is 12. The van der Waals surface area contributed by atoms with Crippen molar-refractivity contribution in [3.63, 3.8) is 0 Å². The third-order valence-corrected chi connectivity index (χ3v) is 18.8. The van der Waals surface area contributed by atoms with Crippen LogP contribution in [0.25, 0.3) is 44.3 Å². The number of nitrogens with one attached hydrogen (secondary N) is 4. The van der Waals surface area contributed by atoms with Gasteiger partial charge in [-0.1, -0.05) is 49.9 Å². The summed E-state index contributed by atoms with van der Waals surface area (Å²) >= 11 is 0. The molecule has 7 aliphatic rings. The lowest BCUT2D eigenvalue weighted by molar-refractivity contribution is -0.141. The third kappa shape index (κ3) is 8.56. The van der Waals surface area contributed by atoms with Crippen molar-refractivity contribution in [2.75, 3.05) is 28.4 Å². The number of ether oxygens (including phenoxy) is 5. The van der Waals surface area contributed by atoms with Gasteiger partial charge in [0.2, 0.25) is 11.8 Å². The fourth-order valence-corrected chi connectivity index (χ4v) is 14.8. The van der Waals surface area contributed by atoms with Crippen LogP contribution in [0.3, 0.4) is 0 Å². The van der Waals surface area contributed by atoms with Gasteiger partial charge in [-0.05, 0) is 157 Å². The Hall–Kier alpha value is -7.02. The van der Waals surface area contributed by atoms with E-state index in [9.17, 15) is 19.2 Å². The number of hydrogen-bond donors (Lipinski definition) is 5. The highest BCUT2D eigenvalue weighted by Crippen LogP contribution is 2.52. The molecule has 4 aromatic carbocycles. The molecule has 5 heterocycles. The highest BCUT2D eigenvalue weighted by atomic mass is 16.5. The van der Waals surface area contributed by atoms with Gasteiger partial charge in [-0.2, -0.15) is 0 Å². The number of alkyl carbamates (subject to hydrolysis) is 2. The maximum absolute atomic E-state index is 14.6. The van der Waals surface area contributed by atoms with Gasteiger partial charge in [0.05, 0.1) is 54.5 Å². The first kappa shape index (κ1) is 50.5. The van der Waals surface area contributed by atoms with Gasteiger partial charge in [0.25, 0.3) is 0 Å². The van der Waals surface area contributed by atoms with Crippen molar-refractivity contribution in [3.8, 4) is 28.0 Å². The second kappa shape index (κ2) is 20.0. The zero-order chi connectivity index (χ0) is 53.7. The normalized spacial score (nSPS) is 26.1. The lowest BCUT2D eigenvalue weighted by Crippen LogP contribution is -2.59. The zero-order valence-electron chi connectivity index (χ0n) is 44.9. The van der Waals surface area contributed by atoms with Crippen molar-refractivity contribution >= 4 is 46.1 Å². The van der Waals surface area contributed by atoms with Gasteiger partial charge in [-0.15, -0.1) is 0 Å². The fourth-order valence-electron chi connectivity index (χ4n) is 14.8.